The Labute approximate surface area is 145 Å². The summed E-state index contributed by atoms with van der Waals surface area (Å²) in [6, 6.07) is 2.67. The van der Waals surface area contributed by atoms with Crippen LogP contribution in [-0.4, -0.2) is 43.5 Å². The van der Waals surface area contributed by atoms with E-state index in [9.17, 15) is 31.5 Å². The molecule has 0 aliphatic carbocycles. The Morgan fingerprint density at radius 1 is 1.40 bits per heavy atom. The van der Waals surface area contributed by atoms with Gasteiger partial charge in [0.15, 0.2) is 9.84 Å². The van der Waals surface area contributed by atoms with Crippen LogP contribution in [0.2, 0.25) is 5.02 Å². The number of pyridine rings is 1. The molecule has 0 saturated heterocycles. The third kappa shape index (κ3) is 4.20. The molecular weight excluding hydrogens is 387 g/mol. The lowest BCUT2D eigenvalue weighted by atomic mass is 10.0. The Bertz CT molecular complexity index is 944. The molecule has 0 bridgehead atoms. The van der Waals surface area contributed by atoms with Crippen molar-refractivity contribution < 1.29 is 36.2 Å². The maximum atomic E-state index is 12.3. The molecule has 0 aliphatic rings. The van der Waals surface area contributed by atoms with Gasteiger partial charge >= 0.3 is 12.1 Å². The summed E-state index contributed by atoms with van der Waals surface area (Å²) in [5, 5.41) is 8.76. The van der Waals surface area contributed by atoms with Crippen molar-refractivity contribution >= 4 is 38.3 Å². The van der Waals surface area contributed by atoms with Crippen molar-refractivity contribution in [3.8, 4) is 0 Å². The monoisotopic (exact) mass is 397 g/mol. The number of carboxylic acid groups (broad SMARTS) is 1. The number of aromatic carboxylic acids is 1. The SMILES string of the molecule is CS(=O)(=O)c1c(COCC(F)(F)F)c(Cl)c(C(=O)O)c2ncccc12. The van der Waals surface area contributed by atoms with Gasteiger partial charge in [-0.25, -0.2) is 13.2 Å². The molecule has 0 amide bonds. The van der Waals surface area contributed by atoms with Crippen LogP contribution in [0.4, 0.5) is 13.2 Å². The zero-order chi connectivity index (χ0) is 19.0. The van der Waals surface area contributed by atoms with Crippen molar-refractivity contribution in [2.45, 2.75) is 17.7 Å². The lowest BCUT2D eigenvalue weighted by molar-refractivity contribution is -0.176. The van der Waals surface area contributed by atoms with Gasteiger partial charge in [-0.1, -0.05) is 11.6 Å². The van der Waals surface area contributed by atoms with E-state index in [1.807, 2.05) is 0 Å². The maximum Gasteiger partial charge on any atom is 0.411 e. The third-order valence-corrected chi connectivity index (χ3v) is 4.77. The summed E-state index contributed by atoms with van der Waals surface area (Å²) in [4.78, 5) is 14.9. The number of ether oxygens (including phenoxy) is 1. The molecule has 0 saturated carbocycles. The average Bonchev–Trinajstić information content (AvgIpc) is 2.44. The molecule has 0 radical (unpaired) electrons. The molecule has 1 aromatic heterocycles. The molecule has 1 N–H and O–H groups in total. The van der Waals surface area contributed by atoms with Crippen LogP contribution in [0.15, 0.2) is 23.2 Å². The molecule has 1 heterocycles. The Hall–Kier alpha value is -1.91. The third-order valence-electron chi connectivity index (χ3n) is 3.14. The summed E-state index contributed by atoms with van der Waals surface area (Å²) in [6.45, 7) is -2.47. The number of carbonyl (C=O) groups is 1. The summed E-state index contributed by atoms with van der Waals surface area (Å²) in [7, 11) is -3.97. The number of aromatic nitrogens is 1. The Balaban J connectivity index is 2.77. The minimum atomic E-state index is -4.63. The molecule has 11 heteroatoms. The fraction of sp³-hybridized carbons (Fsp3) is 0.286. The van der Waals surface area contributed by atoms with Gasteiger partial charge in [0, 0.05) is 23.4 Å². The second-order valence-electron chi connectivity index (χ2n) is 5.08. The number of hydrogen-bond donors (Lipinski definition) is 1. The Morgan fingerprint density at radius 3 is 2.56 bits per heavy atom. The van der Waals surface area contributed by atoms with Crippen LogP contribution in [0.5, 0.6) is 0 Å². The van der Waals surface area contributed by atoms with E-state index in [-0.39, 0.29) is 16.5 Å². The van der Waals surface area contributed by atoms with Gasteiger partial charge in [-0.05, 0) is 12.1 Å². The summed E-state index contributed by atoms with van der Waals surface area (Å²) >= 11 is 6.00. The van der Waals surface area contributed by atoms with E-state index in [0.29, 0.717) is 0 Å². The van der Waals surface area contributed by atoms with Gasteiger partial charge in [0.05, 0.1) is 22.0 Å². The summed E-state index contributed by atoms with van der Waals surface area (Å²) < 4.78 is 65.6. The van der Waals surface area contributed by atoms with E-state index >= 15 is 0 Å². The van der Waals surface area contributed by atoms with Crippen LogP contribution in [0.1, 0.15) is 15.9 Å². The molecule has 0 spiro atoms. The fourth-order valence-electron chi connectivity index (χ4n) is 2.32. The predicted molar refractivity (Wildman–Crippen MR) is 82.5 cm³/mol. The first-order chi connectivity index (χ1) is 11.4. The van der Waals surface area contributed by atoms with E-state index in [0.717, 1.165) is 6.26 Å². The molecule has 136 valence electrons. The molecule has 0 aliphatic heterocycles. The van der Waals surface area contributed by atoms with Gasteiger partial charge in [-0.3, -0.25) is 4.98 Å². The highest BCUT2D eigenvalue weighted by molar-refractivity contribution is 7.91. The molecule has 25 heavy (non-hydrogen) atoms. The number of alkyl halides is 3. The van der Waals surface area contributed by atoms with Crippen LogP contribution in [0, 0.1) is 0 Å². The van der Waals surface area contributed by atoms with Gasteiger partial charge in [0.25, 0.3) is 0 Å². The van der Waals surface area contributed by atoms with E-state index in [2.05, 4.69) is 9.72 Å². The second-order valence-corrected chi connectivity index (χ2v) is 7.41. The highest BCUT2D eigenvalue weighted by Gasteiger charge is 2.30. The average molecular weight is 398 g/mol. The number of hydrogen-bond acceptors (Lipinski definition) is 5. The normalized spacial score (nSPS) is 12.5. The first-order valence-corrected chi connectivity index (χ1v) is 8.87. The smallest absolute Gasteiger partial charge is 0.411 e. The first-order valence-electron chi connectivity index (χ1n) is 6.60. The van der Waals surface area contributed by atoms with Gasteiger partial charge in [0.1, 0.15) is 12.2 Å². The molecular formula is C14H11ClF3NO5S. The number of benzene rings is 1. The highest BCUT2D eigenvalue weighted by Crippen LogP contribution is 2.36. The standard InChI is InChI=1S/C14H11ClF3NO5S/c1-25(22,23)12-7-3-2-4-19-11(7)9(13(20)21)10(15)8(12)5-24-6-14(16,17)18/h2-4H,5-6H2,1H3,(H,20,21). The van der Waals surface area contributed by atoms with Crippen LogP contribution in [0.25, 0.3) is 10.9 Å². The van der Waals surface area contributed by atoms with Crippen molar-refractivity contribution in [3.63, 3.8) is 0 Å². The molecule has 6 nitrogen and oxygen atoms in total. The van der Waals surface area contributed by atoms with Crippen LogP contribution >= 0.6 is 11.6 Å². The van der Waals surface area contributed by atoms with Crippen molar-refractivity contribution in [2.24, 2.45) is 0 Å². The first kappa shape index (κ1) is 19.4. The summed E-state index contributed by atoms with van der Waals surface area (Å²) in [6.07, 6.45) is -2.55. The zero-order valence-corrected chi connectivity index (χ0v) is 14.2. The maximum absolute atomic E-state index is 12.3. The molecule has 1 aromatic carbocycles. The van der Waals surface area contributed by atoms with Gasteiger partial charge in [-0.2, -0.15) is 13.2 Å². The van der Waals surface area contributed by atoms with Crippen molar-refractivity contribution in [3.05, 3.63) is 34.5 Å². The predicted octanol–water partition coefficient (Wildman–Crippen LogP) is 3.07. The number of halogens is 4. The number of rotatable bonds is 5. The Kier molecular flexibility index (Phi) is 5.26. The van der Waals surface area contributed by atoms with E-state index < -0.39 is 50.7 Å². The minimum absolute atomic E-state index is 0.0580. The van der Waals surface area contributed by atoms with Crippen LogP contribution in [-0.2, 0) is 21.2 Å². The van der Waals surface area contributed by atoms with Crippen LogP contribution in [0.3, 0.4) is 0 Å². The minimum Gasteiger partial charge on any atom is -0.478 e. The lowest BCUT2D eigenvalue weighted by Crippen LogP contribution is -2.18. The number of fused-ring (bicyclic) bond motifs is 1. The van der Waals surface area contributed by atoms with Crippen molar-refractivity contribution in [1.82, 2.24) is 4.98 Å². The zero-order valence-electron chi connectivity index (χ0n) is 12.6. The molecule has 2 rings (SSSR count). The molecule has 0 atom stereocenters. The quantitative estimate of drug-likeness (QED) is 0.833. The van der Waals surface area contributed by atoms with E-state index in [1.165, 1.54) is 18.3 Å². The summed E-state index contributed by atoms with van der Waals surface area (Å²) in [5.41, 5.74) is -1.04. The van der Waals surface area contributed by atoms with Gasteiger partial charge in [-0.15, -0.1) is 0 Å². The number of nitrogens with zero attached hydrogens (tertiary/aromatic N) is 1. The van der Waals surface area contributed by atoms with Crippen LogP contribution < -0.4 is 0 Å². The van der Waals surface area contributed by atoms with Crippen molar-refractivity contribution in [2.75, 3.05) is 12.9 Å². The van der Waals surface area contributed by atoms with E-state index in [4.69, 9.17) is 11.6 Å². The molecule has 0 unspecified atom stereocenters. The van der Waals surface area contributed by atoms with E-state index in [1.54, 1.807) is 0 Å². The largest absolute Gasteiger partial charge is 0.478 e. The van der Waals surface area contributed by atoms with Gasteiger partial charge < -0.3 is 9.84 Å². The highest BCUT2D eigenvalue weighted by atomic mass is 35.5. The number of carboxylic acids is 1. The Morgan fingerprint density at radius 2 is 2.04 bits per heavy atom. The molecule has 0 fully saturated rings. The van der Waals surface area contributed by atoms with Gasteiger partial charge in [0.2, 0.25) is 0 Å². The summed E-state index contributed by atoms with van der Waals surface area (Å²) in [5.74, 6) is -1.49. The lowest BCUT2D eigenvalue weighted by Gasteiger charge is -2.16. The fourth-order valence-corrected chi connectivity index (χ4v) is 3.87. The molecule has 2 aromatic rings. The second kappa shape index (κ2) is 6.77. The van der Waals surface area contributed by atoms with Crippen molar-refractivity contribution in [1.29, 1.82) is 0 Å². The topological polar surface area (TPSA) is 93.6 Å². The number of sulfone groups is 1.